The van der Waals surface area contributed by atoms with Gasteiger partial charge in [-0.15, -0.1) is 0 Å². The maximum atomic E-state index is 12.8. The first-order valence-electron chi connectivity index (χ1n) is 8.94. The fourth-order valence-corrected chi connectivity index (χ4v) is 3.90. The number of sulfonamides is 1. The number of rotatable bonds is 7. The highest BCUT2D eigenvalue weighted by Gasteiger charge is 2.20. The van der Waals surface area contributed by atoms with Gasteiger partial charge in [-0.1, -0.05) is 23.7 Å². The number of ether oxygens (including phenoxy) is 1. The van der Waals surface area contributed by atoms with Crippen LogP contribution in [0.3, 0.4) is 0 Å². The number of carbonyl (C=O) groups excluding carboxylic acids is 1. The van der Waals surface area contributed by atoms with Crippen molar-refractivity contribution >= 4 is 38.9 Å². The van der Waals surface area contributed by atoms with E-state index in [1.165, 1.54) is 30.3 Å². The Morgan fingerprint density at radius 3 is 2.43 bits per heavy atom. The van der Waals surface area contributed by atoms with Crippen LogP contribution in [0.25, 0.3) is 0 Å². The van der Waals surface area contributed by atoms with E-state index >= 15 is 0 Å². The molecule has 3 aromatic rings. The van der Waals surface area contributed by atoms with Crippen molar-refractivity contribution in [1.82, 2.24) is 0 Å². The molecule has 0 bridgehead atoms. The van der Waals surface area contributed by atoms with Gasteiger partial charge in [0.2, 0.25) is 0 Å². The molecule has 0 aliphatic heterocycles. The van der Waals surface area contributed by atoms with Gasteiger partial charge in [-0.25, -0.2) is 8.42 Å². The SMILES string of the molecule is CCOc1ccc(NS(=O)(=O)c2ccc(Cl)c(C(=O)Nc3ccccc3O)c2)cc1. The average molecular weight is 447 g/mol. The van der Waals surface area contributed by atoms with E-state index in [1.54, 1.807) is 36.4 Å². The zero-order valence-corrected chi connectivity index (χ0v) is 17.5. The summed E-state index contributed by atoms with van der Waals surface area (Å²) < 4.78 is 33.3. The molecular weight excluding hydrogens is 428 g/mol. The van der Waals surface area contributed by atoms with Gasteiger partial charge < -0.3 is 15.2 Å². The summed E-state index contributed by atoms with van der Waals surface area (Å²) in [6, 6.07) is 16.4. The first kappa shape index (κ1) is 21.5. The van der Waals surface area contributed by atoms with Crippen LogP contribution in [0.4, 0.5) is 11.4 Å². The zero-order chi connectivity index (χ0) is 21.7. The summed E-state index contributed by atoms with van der Waals surface area (Å²) >= 11 is 6.10. The lowest BCUT2D eigenvalue weighted by Gasteiger charge is -2.12. The van der Waals surface area contributed by atoms with Gasteiger partial charge in [0.05, 0.1) is 27.8 Å². The number of amides is 1. The summed E-state index contributed by atoms with van der Waals surface area (Å²) in [4.78, 5) is 12.5. The highest BCUT2D eigenvalue weighted by Crippen LogP contribution is 2.26. The van der Waals surface area contributed by atoms with Gasteiger partial charge in [0.15, 0.2) is 0 Å². The van der Waals surface area contributed by atoms with E-state index in [1.807, 2.05) is 6.92 Å². The molecule has 0 aliphatic rings. The van der Waals surface area contributed by atoms with Gasteiger partial charge in [0.1, 0.15) is 11.5 Å². The maximum Gasteiger partial charge on any atom is 0.261 e. The van der Waals surface area contributed by atoms with Crippen molar-refractivity contribution in [3.05, 3.63) is 77.3 Å². The quantitative estimate of drug-likeness (QED) is 0.463. The largest absolute Gasteiger partial charge is 0.506 e. The summed E-state index contributed by atoms with van der Waals surface area (Å²) in [6.45, 7) is 2.35. The molecule has 156 valence electrons. The standard InChI is InChI=1S/C21H19ClN2O5S/c1-2-29-15-9-7-14(8-10-15)24-30(27,28)16-11-12-18(22)17(13-16)21(26)23-19-5-3-4-6-20(19)25/h3-13,24-25H,2H2,1H3,(H,23,26). The minimum absolute atomic E-state index is 0.0468. The summed E-state index contributed by atoms with van der Waals surface area (Å²) in [6.07, 6.45) is 0. The molecule has 0 unspecified atom stereocenters. The van der Waals surface area contributed by atoms with Crippen LogP contribution >= 0.6 is 11.6 Å². The minimum Gasteiger partial charge on any atom is -0.506 e. The highest BCUT2D eigenvalue weighted by molar-refractivity contribution is 7.92. The van der Waals surface area contributed by atoms with E-state index in [-0.39, 0.29) is 26.9 Å². The van der Waals surface area contributed by atoms with E-state index in [9.17, 15) is 18.3 Å². The summed E-state index contributed by atoms with van der Waals surface area (Å²) in [7, 11) is -3.97. The van der Waals surface area contributed by atoms with E-state index in [4.69, 9.17) is 16.3 Å². The van der Waals surface area contributed by atoms with Crippen LogP contribution in [0.5, 0.6) is 11.5 Å². The topological polar surface area (TPSA) is 105 Å². The number of carbonyl (C=O) groups is 1. The Hall–Kier alpha value is -3.23. The van der Waals surface area contributed by atoms with Gasteiger partial charge in [0, 0.05) is 5.69 Å². The molecule has 9 heteroatoms. The fraction of sp³-hybridized carbons (Fsp3) is 0.0952. The molecule has 0 aromatic heterocycles. The van der Waals surface area contributed by atoms with Crippen molar-refractivity contribution in [2.75, 3.05) is 16.6 Å². The number of aromatic hydroxyl groups is 1. The van der Waals surface area contributed by atoms with Crippen molar-refractivity contribution in [2.45, 2.75) is 11.8 Å². The molecule has 0 aliphatic carbocycles. The second-order valence-electron chi connectivity index (χ2n) is 6.18. The van der Waals surface area contributed by atoms with Crippen LogP contribution in [-0.4, -0.2) is 26.0 Å². The Morgan fingerprint density at radius 1 is 1.07 bits per heavy atom. The van der Waals surface area contributed by atoms with Crippen molar-refractivity contribution < 1.29 is 23.1 Å². The van der Waals surface area contributed by atoms with Gasteiger partial charge in [-0.3, -0.25) is 9.52 Å². The highest BCUT2D eigenvalue weighted by atomic mass is 35.5. The first-order valence-corrected chi connectivity index (χ1v) is 10.8. The van der Waals surface area contributed by atoms with Crippen molar-refractivity contribution in [1.29, 1.82) is 0 Å². The molecule has 30 heavy (non-hydrogen) atoms. The second kappa shape index (κ2) is 9.06. The number of hydrogen-bond donors (Lipinski definition) is 3. The summed E-state index contributed by atoms with van der Waals surface area (Å²) in [5.41, 5.74) is 0.474. The van der Waals surface area contributed by atoms with E-state index in [2.05, 4.69) is 10.0 Å². The third-order valence-corrected chi connectivity index (χ3v) is 5.77. The molecular formula is C21H19ClN2O5S. The molecule has 0 radical (unpaired) electrons. The summed E-state index contributed by atoms with van der Waals surface area (Å²) in [5.74, 6) is -0.155. The van der Waals surface area contributed by atoms with Gasteiger partial charge in [-0.2, -0.15) is 0 Å². The number of halogens is 1. The van der Waals surface area contributed by atoms with Crippen LogP contribution < -0.4 is 14.8 Å². The predicted molar refractivity (Wildman–Crippen MR) is 116 cm³/mol. The monoisotopic (exact) mass is 446 g/mol. The van der Waals surface area contributed by atoms with Gasteiger partial charge in [0.25, 0.3) is 15.9 Å². The minimum atomic E-state index is -3.97. The number of benzene rings is 3. The number of hydrogen-bond acceptors (Lipinski definition) is 5. The average Bonchev–Trinajstić information content (AvgIpc) is 2.71. The van der Waals surface area contributed by atoms with Gasteiger partial charge in [-0.05, 0) is 61.5 Å². The molecule has 0 saturated heterocycles. The molecule has 0 heterocycles. The maximum absolute atomic E-state index is 12.8. The Labute approximate surface area is 179 Å². The molecule has 0 spiro atoms. The number of phenols is 1. The van der Waals surface area contributed by atoms with Crippen LogP contribution in [0.15, 0.2) is 71.6 Å². The van der Waals surface area contributed by atoms with Crippen molar-refractivity contribution in [3.8, 4) is 11.5 Å². The lowest BCUT2D eigenvalue weighted by molar-refractivity contribution is 0.102. The predicted octanol–water partition coefficient (Wildman–Crippen LogP) is 4.50. The Kier molecular flexibility index (Phi) is 6.49. The molecule has 3 aromatic carbocycles. The number of anilines is 2. The summed E-state index contributed by atoms with van der Waals surface area (Å²) in [5, 5.41) is 12.4. The van der Waals surface area contributed by atoms with Crippen LogP contribution in [0.2, 0.25) is 5.02 Å². The van der Waals surface area contributed by atoms with Gasteiger partial charge >= 0.3 is 0 Å². The van der Waals surface area contributed by atoms with Crippen LogP contribution in [0.1, 0.15) is 17.3 Å². The lowest BCUT2D eigenvalue weighted by Crippen LogP contribution is -2.16. The van der Waals surface area contributed by atoms with E-state index < -0.39 is 15.9 Å². The van der Waals surface area contributed by atoms with Crippen molar-refractivity contribution in [2.24, 2.45) is 0 Å². The molecule has 0 fully saturated rings. The smallest absolute Gasteiger partial charge is 0.261 e. The van der Waals surface area contributed by atoms with E-state index in [0.29, 0.717) is 18.0 Å². The molecule has 3 N–H and O–H groups in total. The number of phenolic OH excluding ortho intramolecular Hbond substituents is 1. The second-order valence-corrected chi connectivity index (χ2v) is 8.27. The third kappa shape index (κ3) is 5.03. The Bertz CT molecular complexity index is 1160. The lowest BCUT2D eigenvalue weighted by atomic mass is 10.2. The normalized spacial score (nSPS) is 11.0. The molecule has 3 rings (SSSR count). The molecule has 0 saturated carbocycles. The zero-order valence-electron chi connectivity index (χ0n) is 15.9. The fourth-order valence-electron chi connectivity index (χ4n) is 2.61. The van der Waals surface area contributed by atoms with Crippen LogP contribution in [-0.2, 0) is 10.0 Å². The number of para-hydroxylation sites is 2. The van der Waals surface area contributed by atoms with Crippen molar-refractivity contribution in [3.63, 3.8) is 0 Å². The third-order valence-electron chi connectivity index (χ3n) is 4.06. The van der Waals surface area contributed by atoms with E-state index in [0.717, 1.165) is 0 Å². The molecule has 7 nitrogen and oxygen atoms in total. The Balaban J connectivity index is 1.84. The Morgan fingerprint density at radius 2 is 1.77 bits per heavy atom. The number of nitrogens with one attached hydrogen (secondary N) is 2. The molecule has 0 atom stereocenters. The molecule has 1 amide bonds. The van der Waals surface area contributed by atoms with Crippen LogP contribution in [0, 0.1) is 0 Å². The first-order chi connectivity index (χ1) is 14.3.